The summed E-state index contributed by atoms with van der Waals surface area (Å²) in [7, 11) is -3.23. The van der Waals surface area contributed by atoms with E-state index in [4.69, 9.17) is 0 Å². The predicted molar refractivity (Wildman–Crippen MR) is 88.0 cm³/mol. The van der Waals surface area contributed by atoms with Crippen LogP contribution < -0.4 is 0 Å². The quantitative estimate of drug-likeness (QED) is 0.671. The third kappa shape index (κ3) is 7.09. The van der Waals surface area contributed by atoms with Crippen LogP contribution in [-0.4, -0.2) is 25.0 Å². The third-order valence-corrected chi connectivity index (χ3v) is 5.62. The molecule has 0 aliphatic rings. The minimum Gasteiger partial charge on any atom is -0.384 e. The average molecular weight is 312 g/mol. The van der Waals surface area contributed by atoms with Gasteiger partial charge in [-0.1, -0.05) is 69.4 Å². The fourth-order valence-corrected chi connectivity index (χ4v) is 4.29. The molecule has 0 aliphatic heterocycles. The van der Waals surface area contributed by atoms with Crippen molar-refractivity contribution in [2.24, 2.45) is 0 Å². The highest BCUT2D eigenvalue weighted by atomic mass is 32.2. The molecule has 0 aromatic heterocycles. The molecule has 1 aromatic carbocycles. The van der Waals surface area contributed by atoms with Gasteiger partial charge in [0.1, 0.15) is 5.60 Å². The molecule has 0 amide bonds. The summed E-state index contributed by atoms with van der Waals surface area (Å²) < 4.78 is 24.3. The number of sulfone groups is 1. The zero-order valence-corrected chi connectivity index (χ0v) is 14.0. The zero-order chi connectivity index (χ0) is 15.8. The van der Waals surface area contributed by atoms with Crippen LogP contribution in [-0.2, 0) is 15.4 Å². The van der Waals surface area contributed by atoms with Crippen molar-refractivity contribution in [1.82, 2.24) is 0 Å². The van der Waals surface area contributed by atoms with Gasteiger partial charge in [-0.05, 0) is 18.9 Å². The molecular weight excluding hydrogens is 284 g/mol. The molecule has 0 saturated carbocycles. The maximum Gasteiger partial charge on any atom is 0.153 e. The summed E-state index contributed by atoms with van der Waals surface area (Å²) in [5, 5.41) is 10.4. The highest BCUT2D eigenvalue weighted by molar-refractivity contribution is 7.91. The number of benzene rings is 1. The molecule has 1 atom stereocenters. The van der Waals surface area contributed by atoms with Gasteiger partial charge in [-0.15, -0.1) is 0 Å². The van der Waals surface area contributed by atoms with Crippen molar-refractivity contribution in [2.75, 3.05) is 11.5 Å². The summed E-state index contributed by atoms with van der Waals surface area (Å²) in [5.74, 6) is -0.0406. The van der Waals surface area contributed by atoms with Crippen molar-refractivity contribution < 1.29 is 13.5 Å². The lowest BCUT2D eigenvalue weighted by atomic mass is 9.99. The molecule has 3 nitrogen and oxygen atoms in total. The van der Waals surface area contributed by atoms with Crippen LogP contribution in [0.3, 0.4) is 0 Å². The fraction of sp³-hybridized carbons (Fsp3) is 0.647. The molecule has 1 aromatic rings. The summed E-state index contributed by atoms with van der Waals surface area (Å²) in [6.45, 7) is 3.73. The second-order valence-corrected chi connectivity index (χ2v) is 8.18. The summed E-state index contributed by atoms with van der Waals surface area (Å²) in [5.41, 5.74) is -0.668. The largest absolute Gasteiger partial charge is 0.384 e. The van der Waals surface area contributed by atoms with Gasteiger partial charge >= 0.3 is 0 Å². The highest BCUT2D eigenvalue weighted by Crippen LogP contribution is 2.23. The first-order valence-corrected chi connectivity index (χ1v) is 9.68. The first kappa shape index (κ1) is 18.2. The molecule has 0 saturated heterocycles. The minimum atomic E-state index is -3.23. The number of hydrogen-bond donors (Lipinski definition) is 1. The van der Waals surface area contributed by atoms with E-state index in [0.717, 1.165) is 12.8 Å². The first-order valence-electron chi connectivity index (χ1n) is 7.86. The Labute approximate surface area is 129 Å². The van der Waals surface area contributed by atoms with Crippen LogP contribution in [0.5, 0.6) is 0 Å². The van der Waals surface area contributed by atoms with Gasteiger partial charge in [0, 0.05) is 0 Å². The Kier molecular flexibility index (Phi) is 7.40. The van der Waals surface area contributed by atoms with Crippen LogP contribution in [0.2, 0.25) is 0 Å². The van der Waals surface area contributed by atoms with Crippen LogP contribution in [0.15, 0.2) is 30.3 Å². The van der Waals surface area contributed by atoms with E-state index < -0.39 is 15.4 Å². The maximum absolute atomic E-state index is 12.1. The van der Waals surface area contributed by atoms with Crippen LogP contribution in [0, 0.1) is 0 Å². The predicted octanol–water partition coefficient (Wildman–Crippen LogP) is 3.67. The van der Waals surface area contributed by atoms with Crippen molar-refractivity contribution in [1.29, 1.82) is 0 Å². The smallest absolute Gasteiger partial charge is 0.153 e. The molecule has 4 heteroatoms. The molecule has 0 spiro atoms. The van der Waals surface area contributed by atoms with Gasteiger partial charge in [-0.25, -0.2) is 8.42 Å². The lowest BCUT2D eigenvalue weighted by molar-refractivity contribution is 0.0819. The molecule has 0 fully saturated rings. The maximum atomic E-state index is 12.1. The summed E-state index contributed by atoms with van der Waals surface area (Å²) in [6.07, 6.45) is 6.33. The second kappa shape index (κ2) is 8.54. The standard InChI is InChI=1S/C17H28O3S/c1-3-4-5-6-7-11-14-21(19,20)15-17(2,18)16-12-9-8-10-13-16/h8-10,12-13,18H,3-7,11,14-15H2,1-2H3. The lowest BCUT2D eigenvalue weighted by Crippen LogP contribution is -2.32. The van der Waals surface area contributed by atoms with Crippen LogP contribution >= 0.6 is 0 Å². The van der Waals surface area contributed by atoms with Gasteiger partial charge in [0.15, 0.2) is 9.84 Å². The van der Waals surface area contributed by atoms with E-state index >= 15 is 0 Å². The number of aliphatic hydroxyl groups is 1. The zero-order valence-electron chi connectivity index (χ0n) is 13.2. The van der Waals surface area contributed by atoms with Crippen LogP contribution in [0.25, 0.3) is 0 Å². The van der Waals surface area contributed by atoms with E-state index in [0.29, 0.717) is 12.0 Å². The Morgan fingerprint density at radius 1 is 1.00 bits per heavy atom. The monoisotopic (exact) mass is 312 g/mol. The lowest BCUT2D eigenvalue weighted by Gasteiger charge is -2.23. The van der Waals surface area contributed by atoms with Gasteiger partial charge in [-0.2, -0.15) is 0 Å². The van der Waals surface area contributed by atoms with Crippen molar-refractivity contribution in [3.8, 4) is 0 Å². The van der Waals surface area contributed by atoms with Crippen molar-refractivity contribution in [3.63, 3.8) is 0 Å². The van der Waals surface area contributed by atoms with Gasteiger partial charge in [-0.3, -0.25) is 0 Å². The molecule has 1 unspecified atom stereocenters. The Balaban J connectivity index is 2.45. The number of unbranched alkanes of at least 4 members (excludes halogenated alkanes) is 5. The van der Waals surface area contributed by atoms with Crippen molar-refractivity contribution in [3.05, 3.63) is 35.9 Å². The Hall–Kier alpha value is -0.870. The van der Waals surface area contributed by atoms with E-state index in [-0.39, 0.29) is 11.5 Å². The van der Waals surface area contributed by atoms with E-state index in [2.05, 4.69) is 6.92 Å². The highest BCUT2D eigenvalue weighted by Gasteiger charge is 2.29. The van der Waals surface area contributed by atoms with Crippen LogP contribution in [0.1, 0.15) is 57.9 Å². The van der Waals surface area contributed by atoms with Crippen LogP contribution in [0.4, 0.5) is 0 Å². The van der Waals surface area contributed by atoms with Gasteiger partial charge in [0.05, 0.1) is 11.5 Å². The van der Waals surface area contributed by atoms with E-state index in [1.54, 1.807) is 19.1 Å². The molecule has 0 bridgehead atoms. The number of rotatable bonds is 10. The molecular formula is C17H28O3S. The fourth-order valence-electron chi connectivity index (χ4n) is 2.48. The summed E-state index contributed by atoms with van der Waals surface area (Å²) in [4.78, 5) is 0. The average Bonchev–Trinajstić information content (AvgIpc) is 2.42. The molecule has 1 rings (SSSR count). The Morgan fingerprint density at radius 3 is 2.19 bits per heavy atom. The number of hydrogen-bond acceptors (Lipinski definition) is 3. The molecule has 0 radical (unpaired) electrons. The minimum absolute atomic E-state index is 0.169. The third-order valence-electron chi connectivity index (χ3n) is 3.71. The van der Waals surface area contributed by atoms with Crippen molar-refractivity contribution in [2.45, 2.75) is 58.0 Å². The van der Waals surface area contributed by atoms with Gasteiger partial charge < -0.3 is 5.11 Å². The second-order valence-electron chi connectivity index (χ2n) is 6.00. The summed E-state index contributed by atoms with van der Waals surface area (Å²) >= 11 is 0. The molecule has 0 heterocycles. The van der Waals surface area contributed by atoms with E-state index in [1.165, 1.54) is 19.3 Å². The Morgan fingerprint density at radius 2 is 1.57 bits per heavy atom. The van der Waals surface area contributed by atoms with Gasteiger partial charge in [0.2, 0.25) is 0 Å². The molecule has 1 N–H and O–H groups in total. The normalized spacial score (nSPS) is 14.8. The topological polar surface area (TPSA) is 54.4 Å². The van der Waals surface area contributed by atoms with Gasteiger partial charge in [0.25, 0.3) is 0 Å². The van der Waals surface area contributed by atoms with E-state index in [1.807, 2.05) is 18.2 Å². The summed E-state index contributed by atoms with van der Waals surface area (Å²) in [6, 6.07) is 9.00. The van der Waals surface area contributed by atoms with Crippen molar-refractivity contribution >= 4 is 9.84 Å². The first-order chi connectivity index (χ1) is 9.87. The Bertz CT molecular complexity index is 492. The SMILES string of the molecule is CCCCCCCCS(=O)(=O)CC(C)(O)c1ccccc1. The van der Waals surface area contributed by atoms with E-state index in [9.17, 15) is 13.5 Å². The molecule has 21 heavy (non-hydrogen) atoms. The molecule has 120 valence electrons. The molecule has 0 aliphatic carbocycles.